The highest BCUT2D eigenvalue weighted by Gasteiger charge is 2.26. The summed E-state index contributed by atoms with van der Waals surface area (Å²) >= 11 is 0. The summed E-state index contributed by atoms with van der Waals surface area (Å²) in [5.74, 6) is -1.17. The summed E-state index contributed by atoms with van der Waals surface area (Å²) < 4.78 is 0. The van der Waals surface area contributed by atoms with Crippen LogP contribution in [0.5, 0.6) is 0 Å². The number of hydrogen-bond acceptors (Lipinski definition) is 4. The van der Waals surface area contributed by atoms with Crippen molar-refractivity contribution in [1.29, 1.82) is 0 Å². The molecule has 3 N–H and O–H groups in total. The molecule has 0 saturated carbocycles. The van der Waals surface area contributed by atoms with Gasteiger partial charge in [0, 0.05) is 23.8 Å². The van der Waals surface area contributed by atoms with Crippen molar-refractivity contribution in [2.45, 2.75) is 51.9 Å². The van der Waals surface area contributed by atoms with E-state index in [1.54, 1.807) is 0 Å². The maximum Gasteiger partial charge on any atom is 0.336 e. The second-order valence-electron chi connectivity index (χ2n) is 8.70. The van der Waals surface area contributed by atoms with Crippen LogP contribution in [0.25, 0.3) is 10.9 Å². The summed E-state index contributed by atoms with van der Waals surface area (Å²) in [7, 11) is 0. The number of pyridine rings is 1. The first kappa shape index (κ1) is 23.3. The quantitative estimate of drug-likeness (QED) is 0.476. The standard InChI is InChI=1S/C13H17NO2.C13H13NO2/c2*1-8(2)9-3-4-12-11(7-9)10(13(15)16)5-6-14-12/h3-4,7-8,10,14H,5-6H2,1-2H3,(H,15,16);3-8H,1-2H3,(H,15,16). The Kier molecular flexibility index (Phi) is 7.13. The second kappa shape index (κ2) is 9.81. The van der Waals surface area contributed by atoms with Crippen molar-refractivity contribution in [3.05, 3.63) is 70.9 Å². The number of anilines is 1. The Morgan fingerprint density at radius 2 is 1.62 bits per heavy atom. The van der Waals surface area contributed by atoms with E-state index in [9.17, 15) is 14.7 Å². The Labute approximate surface area is 188 Å². The fourth-order valence-corrected chi connectivity index (χ4v) is 3.86. The summed E-state index contributed by atoms with van der Waals surface area (Å²) in [5, 5.41) is 22.2. The first-order valence-electron chi connectivity index (χ1n) is 10.9. The molecule has 0 aliphatic carbocycles. The summed E-state index contributed by atoms with van der Waals surface area (Å²) in [5.41, 5.74) is 5.28. The molecule has 0 radical (unpaired) electrons. The SMILES string of the molecule is CC(C)c1ccc2c(c1)C(C(=O)O)CCN2.CC(C)c1ccc2nccc(C(=O)O)c2c1. The molecule has 3 aromatic rings. The third-order valence-corrected chi connectivity index (χ3v) is 5.83. The highest BCUT2D eigenvalue weighted by molar-refractivity contribution is 6.02. The number of hydrogen-bond donors (Lipinski definition) is 3. The molecule has 6 nitrogen and oxygen atoms in total. The third-order valence-electron chi connectivity index (χ3n) is 5.83. The van der Waals surface area contributed by atoms with Crippen LogP contribution in [0.3, 0.4) is 0 Å². The maximum atomic E-state index is 11.2. The molecule has 0 amide bonds. The first-order valence-corrected chi connectivity index (χ1v) is 10.9. The van der Waals surface area contributed by atoms with Crippen LogP contribution >= 0.6 is 0 Å². The number of carboxylic acid groups (broad SMARTS) is 2. The zero-order chi connectivity index (χ0) is 23.4. The van der Waals surface area contributed by atoms with Crippen molar-refractivity contribution in [3.8, 4) is 0 Å². The number of aliphatic carboxylic acids is 1. The lowest BCUT2D eigenvalue weighted by Crippen LogP contribution is -2.22. The number of aromatic carboxylic acids is 1. The van der Waals surface area contributed by atoms with E-state index in [1.807, 2.05) is 30.3 Å². The zero-order valence-electron chi connectivity index (χ0n) is 18.9. The average Bonchev–Trinajstić information content (AvgIpc) is 2.77. The highest BCUT2D eigenvalue weighted by atomic mass is 16.4. The topological polar surface area (TPSA) is 99.5 Å². The summed E-state index contributed by atoms with van der Waals surface area (Å²) in [6.07, 6.45) is 2.20. The minimum Gasteiger partial charge on any atom is -0.481 e. The third kappa shape index (κ3) is 5.07. The number of carbonyl (C=O) groups is 2. The van der Waals surface area contributed by atoms with Crippen molar-refractivity contribution in [2.24, 2.45) is 0 Å². The molecule has 0 fully saturated rings. The van der Waals surface area contributed by atoms with Gasteiger partial charge in [-0.1, -0.05) is 45.9 Å². The smallest absolute Gasteiger partial charge is 0.336 e. The Hall–Kier alpha value is -3.41. The van der Waals surface area contributed by atoms with Gasteiger partial charge in [-0.15, -0.1) is 0 Å². The van der Waals surface area contributed by atoms with Gasteiger partial charge in [0.2, 0.25) is 0 Å². The van der Waals surface area contributed by atoms with E-state index in [0.29, 0.717) is 29.2 Å². The predicted octanol–water partition coefficient (Wildman–Crippen LogP) is 5.85. The first-order chi connectivity index (χ1) is 15.2. The van der Waals surface area contributed by atoms with Gasteiger partial charge >= 0.3 is 11.9 Å². The number of rotatable bonds is 4. The minimum atomic E-state index is -0.909. The van der Waals surface area contributed by atoms with Crippen LogP contribution in [0, 0.1) is 0 Å². The van der Waals surface area contributed by atoms with Crippen molar-refractivity contribution in [2.75, 3.05) is 11.9 Å². The van der Waals surface area contributed by atoms with Crippen molar-refractivity contribution in [3.63, 3.8) is 0 Å². The number of benzene rings is 2. The Bertz CT molecular complexity index is 1140. The van der Waals surface area contributed by atoms with Gasteiger partial charge in [-0.25, -0.2) is 4.79 Å². The molecule has 1 unspecified atom stereocenters. The molecule has 1 aliphatic heterocycles. The molecular formula is C26H30N2O4. The van der Waals surface area contributed by atoms with Crippen molar-refractivity contribution >= 4 is 28.5 Å². The summed E-state index contributed by atoms with van der Waals surface area (Å²) in [6, 6.07) is 13.4. The monoisotopic (exact) mass is 434 g/mol. The predicted molar refractivity (Wildman–Crippen MR) is 127 cm³/mol. The van der Waals surface area contributed by atoms with E-state index in [1.165, 1.54) is 17.8 Å². The minimum absolute atomic E-state index is 0.313. The van der Waals surface area contributed by atoms with Crippen molar-refractivity contribution in [1.82, 2.24) is 4.98 Å². The fraction of sp³-hybridized carbons (Fsp3) is 0.346. The van der Waals surface area contributed by atoms with Gasteiger partial charge in [0.15, 0.2) is 0 Å². The lowest BCUT2D eigenvalue weighted by Gasteiger charge is -2.25. The molecule has 1 aliphatic rings. The van der Waals surface area contributed by atoms with Gasteiger partial charge in [-0.05, 0) is 59.2 Å². The van der Waals surface area contributed by atoms with Gasteiger partial charge in [-0.3, -0.25) is 9.78 Å². The van der Waals surface area contributed by atoms with E-state index >= 15 is 0 Å². The Balaban J connectivity index is 0.000000181. The van der Waals surface area contributed by atoms with Crippen LogP contribution in [0.15, 0.2) is 48.7 Å². The summed E-state index contributed by atoms with van der Waals surface area (Å²) in [4.78, 5) is 26.4. The van der Waals surface area contributed by atoms with Crippen LogP contribution in [-0.2, 0) is 4.79 Å². The molecule has 4 rings (SSSR count). The van der Waals surface area contributed by atoms with Gasteiger partial charge in [-0.2, -0.15) is 0 Å². The molecular weight excluding hydrogens is 404 g/mol. The molecule has 1 atom stereocenters. The normalized spacial score (nSPS) is 15.0. The van der Waals surface area contributed by atoms with Gasteiger partial charge in [0.05, 0.1) is 17.0 Å². The second-order valence-corrected chi connectivity index (χ2v) is 8.70. The number of carboxylic acids is 2. The van der Waals surface area contributed by atoms with Crippen LogP contribution < -0.4 is 5.32 Å². The van der Waals surface area contributed by atoms with E-state index < -0.39 is 11.9 Å². The van der Waals surface area contributed by atoms with Gasteiger partial charge in [0.1, 0.15) is 0 Å². The molecule has 6 heteroatoms. The molecule has 2 aromatic carbocycles. The van der Waals surface area contributed by atoms with E-state index in [2.05, 4.69) is 44.1 Å². The highest BCUT2D eigenvalue weighted by Crippen LogP contribution is 2.34. The van der Waals surface area contributed by atoms with E-state index in [4.69, 9.17) is 5.11 Å². The largest absolute Gasteiger partial charge is 0.481 e. The lowest BCUT2D eigenvalue weighted by atomic mass is 9.88. The van der Waals surface area contributed by atoms with Crippen LogP contribution in [0.1, 0.15) is 78.9 Å². The molecule has 1 aromatic heterocycles. The Morgan fingerprint density at radius 3 is 2.25 bits per heavy atom. The van der Waals surface area contributed by atoms with E-state index in [0.717, 1.165) is 28.9 Å². The van der Waals surface area contributed by atoms with Crippen LogP contribution in [0.4, 0.5) is 5.69 Å². The molecule has 2 heterocycles. The maximum absolute atomic E-state index is 11.2. The van der Waals surface area contributed by atoms with Crippen LogP contribution in [0.2, 0.25) is 0 Å². The van der Waals surface area contributed by atoms with Gasteiger partial charge in [0.25, 0.3) is 0 Å². The van der Waals surface area contributed by atoms with E-state index in [-0.39, 0.29) is 5.92 Å². The van der Waals surface area contributed by atoms with Gasteiger partial charge < -0.3 is 15.5 Å². The molecule has 0 spiro atoms. The molecule has 0 saturated heterocycles. The fourth-order valence-electron chi connectivity index (χ4n) is 3.86. The molecule has 168 valence electrons. The molecule has 0 bridgehead atoms. The average molecular weight is 435 g/mol. The molecule has 32 heavy (non-hydrogen) atoms. The summed E-state index contributed by atoms with van der Waals surface area (Å²) in [6.45, 7) is 9.14. The number of aromatic nitrogens is 1. The Morgan fingerprint density at radius 1 is 0.969 bits per heavy atom. The number of nitrogens with one attached hydrogen (secondary N) is 1. The number of nitrogens with zero attached hydrogens (tertiary/aromatic N) is 1. The van der Waals surface area contributed by atoms with Crippen molar-refractivity contribution < 1.29 is 19.8 Å². The van der Waals surface area contributed by atoms with Crippen LogP contribution in [-0.4, -0.2) is 33.7 Å². The lowest BCUT2D eigenvalue weighted by molar-refractivity contribution is -0.138. The number of fused-ring (bicyclic) bond motifs is 2. The zero-order valence-corrected chi connectivity index (χ0v) is 18.9.